The molecule has 0 amide bonds. The van der Waals surface area contributed by atoms with E-state index >= 15 is 0 Å². The van der Waals surface area contributed by atoms with Gasteiger partial charge in [-0.1, -0.05) is 50.6 Å². The molecule has 4 N–H and O–H groups in total. The fourth-order valence-corrected chi connectivity index (χ4v) is 4.74. The van der Waals surface area contributed by atoms with Crippen LogP contribution in [-0.2, 0) is 23.9 Å². The molecule has 10 nitrogen and oxygen atoms in total. The first-order chi connectivity index (χ1) is 21.4. The summed E-state index contributed by atoms with van der Waals surface area (Å²) in [5.74, 6) is -2.28. The Labute approximate surface area is 267 Å². The van der Waals surface area contributed by atoms with Crippen molar-refractivity contribution in [2.45, 2.75) is 72.8 Å². The van der Waals surface area contributed by atoms with Crippen LogP contribution in [0, 0.1) is 16.7 Å². The Morgan fingerprint density at radius 1 is 0.889 bits per heavy atom. The van der Waals surface area contributed by atoms with E-state index in [-0.39, 0.29) is 44.1 Å². The van der Waals surface area contributed by atoms with Gasteiger partial charge in [0, 0.05) is 30.8 Å². The maximum absolute atomic E-state index is 13.4. The minimum Gasteiger partial charge on any atom is -0.465 e. The summed E-state index contributed by atoms with van der Waals surface area (Å²) in [5.41, 5.74) is 4.26. The quantitative estimate of drug-likeness (QED) is 0.0831. The molecule has 2 aromatic carbocycles. The highest BCUT2D eigenvalue weighted by atomic mass is 16.5. The van der Waals surface area contributed by atoms with E-state index in [1.165, 1.54) is 0 Å². The van der Waals surface area contributed by atoms with E-state index in [9.17, 15) is 24.3 Å². The van der Waals surface area contributed by atoms with Gasteiger partial charge in [0.1, 0.15) is 18.5 Å². The molecule has 2 aromatic rings. The van der Waals surface area contributed by atoms with Crippen molar-refractivity contribution in [2.75, 3.05) is 32.8 Å². The molecule has 0 saturated carbocycles. The Kier molecular flexibility index (Phi) is 15.4. The highest BCUT2D eigenvalue weighted by Crippen LogP contribution is 2.38. The zero-order valence-electron chi connectivity index (χ0n) is 27.3. The van der Waals surface area contributed by atoms with E-state index in [4.69, 9.17) is 19.9 Å². The van der Waals surface area contributed by atoms with E-state index in [2.05, 4.69) is 5.32 Å². The lowest BCUT2D eigenvalue weighted by Crippen LogP contribution is -2.40. The second kappa shape index (κ2) is 18.4. The molecular weight excluding hydrogens is 576 g/mol. The lowest BCUT2D eigenvalue weighted by molar-refractivity contribution is -0.162. The molecule has 3 unspecified atom stereocenters. The molecule has 248 valence electrons. The number of aliphatic hydroxyl groups excluding tert-OH is 1. The van der Waals surface area contributed by atoms with Crippen molar-refractivity contribution in [3.8, 4) is 5.75 Å². The fraction of sp³-hybridized carbons (Fsp3) is 0.543. The number of nitrogens with two attached hydrogens (primary N) is 1. The molecular formula is C35H50N2O8. The molecule has 0 aliphatic heterocycles. The average molecular weight is 627 g/mol. The number of carbonyl (C=O) groups is 4. The van der Waals surface area contributed by atoms with Crippen molar-refractivity contribution in [3.63, 3.8) is 0 Å². The molecule has 0 aliphatic rings. The monoisotopic (exact) mass is 626 g/mol. The number of carbonyl (C=O) groups excluding carboxylic acids is 4. The van der Waals surface area contributed by atoms with Gasteiger partial charge in [-0.2, -0.15) is 0 Å². The van der Waals surface area contributed by atoms with Gasteiger partial charge in [0.25, 0.3) is 0 Å². The molecule has 2 rings (SSSR count). The van der Waals surface area contributed by atoms with Gasteiger partial charge in [-0.3, -0.25) is 19.2 Å². The van der Waals surface area contributed by atoms with Crippen molar-refractivity contribution in [1.29, 1.82) is 0 Å². The molecule has 10 heteroatoms. The van der Waals surface area contributed by atoms with Crippen LogP contribution in [-0.4, -0.2) is 67.7 Å². The van der Waals surface area contributed by atoms with Crippen molar-refractivity contribution in [3.05, 3.63) is 65.7 Å². The minimum absolute atomic E-state index is 0.0653. The number of hydrogen-bond acceptors (Lipinski definition) is 10. The second-order valence-corrected chi connectivity index (χ2v) is 12.3. The SMILES string of the molecule is CCCCOC(=O)C(CC(C)(C)C(=O)Oc1ccc(C(=O)c2ccccc2)cc1)CC(C)(CC)C(=O)OCC(O)CNCCN. The third-order valence-corrected chi connectivity index (χ3v) is 7.83. The van der Waals surface area contributed by atoms with Crippen LogP contribution in [0.4, 0.5) is 0 Å². The van der Waals surface area contributed by atoms with E-state index < -0.39 is 40.8 Å². The molecule has 0 aromatic heterocycles. The van der Waals surface area contributed by atoms with Crippen molar-refractivity contribution < 1.29 is 38.5 Å². The van der Waals surface area contributed by atoms with Crippen molar-refractivity contribution in [2.24, 2.45) is 22.5 Å². The number of nitrogens with one attached hydrogen (secondary N) is 1. The predicted octanol–water partition coefficient (Wildman–Crippen LogP) is 4.46. The van der Waals surface area contributed by atoms with Gasteiger partial charge in [0.15, 0.2) is 5.78 Å². The zero-order chi connectivity index (χ0) is 33.5. The van der Waals surface area contributed by atoms with Crippen LogP contribution in [0.15, 0.2) is 54.6 Å². The first kappa shape index (κ1) is 37.6. The molecule has 0 spiro atoms. The Hall–Kier alpha value is -3.60. The number of unbranched alkanes of at least 4 members (excludes halogenated alkanes) is 1. The Balaban J connectivity index is 2.14. The summed E-state index contributed by atoms with van der Waals surface area (Å²) in [6.07, 6.45) is 1.14. The van der Waals surface area contributed by atoms with Gasteiger partial charge in [-0.05, 0) is 70.7 Å². The maximum atomic E-state index is 13.4. The maximum Gasteiger partial charge on any atom is 0.316 e. The largest absolute Gasteiger partial charge is 0.465 e. The van der Waals surface area contributed by atoms with Crippen LogP contribution in [0.2, 0.25) is 0 Å². The third kappa shape index (κ3) is 12.0. The minimum atomic E-state index is -1.13. The van der Waals surface area contributed by atoms with Gasteiger partial charge >= 0.3 is 17.9 Å². The average Bonchev–Trinajstić information content (AvgIpc) is 3.03. The number of esters is 3. The lowest BCUT2D eigenvalue weighted by Gasteiger charge is -2.33. The van der Waals surface area contributed by atoms with Gasteiger partial charge in [-0.15, -0.1) is 0 Å². The van der Waals surface area contributed by atoms with E-state index in [0.717, 1.165) is 6.42 Å². The summed E-state index contributed by atoms with van der Waals surface area (Å²) < 4.78 is 16.7. The van der Waals surface area contributed by atoms with E-state index in [1.807, 2.05) is 19.9 Å². The van der Waals surface area contributed by atoms with Crippen LogP contribution in [0.1, 0.15) is 82.6 Å². The summed E-state index contributed by atoms with van der Waals surface area (Å²) >= 11 is 0. The smallest absolute Gasteiger partial charge is 0.316 e. The molecule has 3 atom stereocenters. The summed E-state index contributed by atoms with van der Waals surface area (Å²) in [5, 5.41) is 13.1. The van der Waals surface area contributed by atoms with Gasteiger partial charge in [0.2, 0.25) is 0 Å². The number of ether oxygens (including phenoxy) is 3. The standard InChI is InChI=1S/C35H50N2O8/c1-6-8-20-43-31(40)27(22-35(5,7-2)33(42)44-24-28(38)23-37-19-18-36)21-34(3,4)32(41)45-29-16-14-26(15-17-29)30(39)25-12-10-9-11-13-25/h9-17,27-28,37-38H,6-8,18-24,36H2,1-5H3. The van der Waals surface area contributed by atoms with Crippen LogP contribution < -0.4 is 15.8 Å². The molecule has 0 saturated heterocycles. The molecule has 0 heterocycles. The second-order valence-electron chi connectivity index (χ2n) is 12.3. The van der Waals surface area contributed by atoms with Crippen molar-refractivity contribution in [1.82, 2.24) is 5.32 Å². The molecule has 0 aliphatic carbocycles. The Morgan fingerprint density at radius 2 is 1.53 bits per heavy atom. The van der Waals surface area contributed by atoms with E-state index in [0.29, 0.717) is 37.1 Å². The number of hydrogen-bond donors (Lipinski definition) is 3. The molecule has 0 bridgehead atoms. The van der Waals surface area contributed by atoms with E-state index in [1.54, 1.807) is 69.3 Å². The summed E-state index contributed by atoms with van der Waals surface area (Å²) in [4.78, 5) is 52.6. The fourth-order valence-electron chi connectivity index (χ4n) is 4.74. The molecule has 0 radical (unpaired) electrons. The van der Waals surface area contributed by atoms with Gasteiger partial charge < -0.3 is 30.4 Å². The zero-order valence-corrected chi connectivity index (χ0v) is 27.3. The summed E-state index contributed by atoms with van der Waals surface area (Å²) in [7, 11) is 0. The van der Waals surface area contributed by atoms with Crippen LogP contribution >= 0.6 is 0 Å². The topological polar surface area (TPSA) is 154 Å². The van der Waals surface area contributed by atoms with Crippen LogP contribution in [0.25, 0.3) is 0 Å². The number of aliphatic hydroxyl groups is 1. The van der Waals surface area contributed by atoms with Gasteiger partial charge in [0.05, 0.1) is 23.4 Å². The first-order valence-electron chi connectivity index (χ1n) is 15.7. The summed E-state index contributed by atoms with van der Waals surface area (Å²) in [6, 6.07) is 15.2. The summed E-state index contributed by atoms with van der Waals surface area (Å²) in [6.45, 7) is 10.1. The first-order valence-corrected chi connectivity index (χ1v) is 15.7. The lowest BCUT2D eigenvalue weighted by atomic mass is 9.73. The number of benzene rings is 2. The normalized spacial score (nSPS) is 14.1. The van der Waals surface area contributed by atoms with Crippen molar-refractivity contribution >= 4 is 23.7 Å². The van der Waals surface area contributed by atoms with Crippen LogP contribution in [0.3, 0.4) is 0 Å². The molecule has 0 fully saturated rings. The third-order valence-electron chi connectivity index (χ3n) is 7.83. The van der Waals surface area contributed by atoms with Gasteiger partial charge in [-0.25, -0.2) is 0 Å². The molecule has 45 heavy (non-hydrogen) atoms. The number of ketones is 1. The highest BCUT2D eigenvalue weighted by molar-refractivity contribution is 6.09. The highest BCUT2D eigenvalue weighted by Gasteiger charge is 2.43. The number of rotatable bonds is 20. The Morgan fingerprint density at radius 3 is 2.13 bits per heavy atom. The van der Waals surface area contributed by atoms with Crippen LogP contribution in [0.5, 0.6) is 5.75 Å². The predicted molar refractivity (Wildman–Crippen MR) is 172 cm³/mol. The Bertz CT molecular complexity index is 1230.